The van der Waals surface area contributed by atoms with Gasteiger partial charge in [-0.2, -0.15) is 0 Å². The van der Waals surface area contributed by atoms with Crippen LogP contribution in [0.15, 0.2) is 42.5 Å². The number of likely N-dealkylation sites (N-methyl/N-ethyl adjacent to an activating group) is 1. The summed E-state index contributed by atoms with van der Waals surface area (Å²) < 4.78 is 13.6. The Morgan fingerprint density at radius 2 is 1.78 bits per heavy atom. The molecular formula is C19H20ClFN4O2. The van der Waals surface area contributed by atoms with Crippen LogP contribution < -0.4 is 15.5 Å². The molecule has 0 unspecified atom stereocenters. The Balaban J connectivity index is 1.62. The predicted octanol–water partition coefficient (Wildman–Crippen LogP) is 3.19. The minimum atomic E-state index is -0.814. The highest BCUT2D eigenvalue weighted by atomic mass is 35.5. The summed E-state index contributed by atoms with van der Waals surface area (Å²) in [6.07, 6.45) is 0. The highest BCUT2D eigenvalue weighted by molar-refractivity contribution is 6.33. The molecule has 0 bridgehead atoms. The first kappa shape index (κ1) is 19.1. The van der Waals surface area contributed by atoms with E-state index in [4.69, 9.17) is 11.6 Å². The topological polar surface area (TPSA) is 64.7 Å². The number of anilines is 2. The molecular weight excluding hydrogens is 371 g/mol. The number of hydrogen-bond donors (Lipinski definition) is 2. The zero-order valence-corrected chi connectivity index (χ0v) is 15.6. The number of nitrogens with one attached hydrogen (secondary N) is 2. The Hall–Kier alpha value is -2.64. The summed E-state index contributed by atoms with van der Waals surface area (Å²) >= 11 is 6.36. The number of halogens is 2. The Bertz CT molecular complexity index is 853. The van der Waals surface area contributed by atoms with E-state index in [-0.39, 0.29) is 5.56 Å². The van der Waals surface area contributed by atoms with Crippen LogP contribution in [0.2, 0.25) is 5.02 Å². The van der Waals surface area contributed by atoms with Gasteiger partial charge in [-0.25, -0.2) is 9.18 Å². The molecule has 2 aromatic carbocycles. The molecule has 142 valence electrons. The maximum absolute atomic E-state index is 13.6. The standard InChI is InChI=1S/C19H20ClFN4O2/c1-24-8-10-25(11-9-24)17-7-6-13(12-15(17)20)22-19(27)23-18(26)14-4-2-3-5-16(14)21/h2-7,12H,8-11H2,1H3,(H2,22,23,26,27). The van der Waals surface area contributed by atoms with Gasteiger partial charge in [0.15, 0.2) is 0 Å². The third-order valence-corrected chi connectivity index (χ3v) is 4.70. The second kappa shape index (κ2) is 8.37. The summed E-state index contributed by atoms with van der Waals surface area (Å²) in [6.45, 7) is 3.66. The predicted molar refractivity (Wildman–Crippen MR) is 104 cm³/mol. The third kappa shape index (κ3) is 4.75. The number of imide groups is 1. The minimum Gasteiger partial charge on any atom is -0.368 e. The Morgan fingerprint density at radius 3 is 2.44 bits per heavy atom. The molecule has 27 heavy (non-hydrogen) atoms. The fourth-order valence-corrected chi connectivity index (χ4v) is 3.17. The number of carbonyl (C=O) groups is 2. The molecule has 3 amide bonds. The first-order valence-corrected chi connectivity index (χ1v) is 8.92. The highest BCUT2D eigenvalue weighted by Gasteiger charge is 2.18. The average molecular weight is 391 g/mol. The second-order valence-corrected chi connectivity index (χ2v) is 6.75. The van der Waals surface area contributed by atoms with Gasteiger partial charge in [-0.05, 0) is 37.4 Å². The largest absolute Gasteiger partial charge is 0.368 e. The van der Waals surface area contributed by atoms with Crippen LogP contribution in [0, 0.1) is 5.82 Å². The van der Waals surface area contributed by atoms with Crippen molar-refractivity contribution in [2.45, 2.75) is 0 Å². The summed E-state index contributed by atoms with van der Waals surface area (Å²) in [7, 11) is 2.08. The molecule has 1 heterocycles. The second-order valence-electron chi connectivity index (χ2n) is 6.34. The molecule has 0 aliphatic carbocycles. The van der Waals surface area contributed by atoms with Crippen molar-refractivity contribution >= 4 is 34.9 Å². The molecule has 2 aromatic rings. The Labute approximate surface area is 161 Å². The number of nitrogens with zero attached hydrogens (tertiary/aromatic N) is 2. The Morgan fingerprint density at radius 1 is 1.07 bits per heavy atom. The first-order valence-electron chi connectivity index (χ1n) is 8.54. The molecule has 1 fully saturated rings. The Kier molecular flexibility index (Phi) is 5.93. The van der Waals surface area contributed by atoms with Gasteiger partial charge in [-0.15, -0.1) is 0 Å². The number of benzene rings is 2. The minimum absolute atomic E-state index is 0.198. The first-order chi connectivity index (χ1) is 12.9. The maximum atomic E-state index is 13.6. The van der Waals surface area contributed by atoms with Crippen molar-refractivity contribution in [1.29, 1.82) is 0 Å². The average Bonchev–Trinajstić information content (AvgIpc) is 2.63. The number of hydrogen-bond acceptors (Lipinski definition) is 4. The molecule has 8 heteroatoms. The van der Waals surface area contributed by atoms with Crippen molar-refractivity contribution in [3.05, 3.63) is 58.9 Å². The van der Waals surface area contributed by atoms with Crippen molar-refractivity contribution < 1.29 is 14.0 Å². The van der Waals surface area contributed by atoms with Crippen molar-refractivity contribution in [2.24, 2.45) is 0 Å². The number of amides is 3. The van der Waals surface area contributed by atoms with E-state index < -0.39 is 17.8 Å². The van der Waals surface area contributed by atoms with Crippen LogP contribution in [0.3, 0.4) is 0 Å². The van der Waals surface area contributed by atoms with Crippen LogP contribution in [0.4, 0.5) is 20.6 Å². The van der Waals surface area contributed by atoms with E-state index in [1.54, 1.807) is 12.1 Å². The van der Waals surface area contributed by atoms with Gasteiger partial charge in [0.1, 0.15) is 5.82 Å². The molecule has 6 nitrogen and oxygen atoms in total. The molecule has 1 aliphatic rings. The maximum Gasteiger partial charge on any atom is 0.326 e. The number of rotatable bonds is 3. The van der Waals surface area contributed by atoms with Gasteiger partial charge >= 0.3 is 6.03 Å². The summed E-state index contributed by atoms with van der Waals surface area (Å²) in [4.78, 5) is 28.4. The van der Waals surface area contributed by atoms with Crippen LogP contribution >= 0.6 is 11.6 Å². The molecule has 0 spiro atoms. The summed E-state index contributed by atoms with van der Waals surface area (Å²) in [6, 6.07) is 9.87. The third-order valence-electron chi connectivity index (χ3n) is 4.40. The highest BCUT2D eigenvalue weighted by Crippen LogP contribution is 2.29. The molecule has 1 saturated heterocycles. The lowest BCUT2D eigenvalue weighted by Gasteiger charge is -2.34. The van der Waals surface area contributed by atoms with Gasteiger partial charge < -0.3 is 15.1 Å². The van der Waals surface area contributed by atoms with E-state index in [2.05, 4.69) is 27.5 Å². The van der Waals surface area contributed by atoms with E-state index in [0.717, 1.165) is 37.9 Å². The molecule has 2 N–H and O–H groups in total. The van der Waals surface area contributed by atoms with Crippen LogP contribution in [0.5, 0.6) is 0 Å². The van der Waals surface area contributed by atoms with Gasteiger partial charge in [0.05, 0.1) is 16.3 Å². The van der Waals surface area contributed by atoms with E-state index in [9.17, 15) is 14.0 Å². The van der Waals surface area contributed by atoms with Crippen molar-refractivity contribution in [3.8, 4) is 0 Å². The molecule has 0 saturated carbocycles. The van der Waals surface area contributed by atoms with E-state index >= 15 is 0 Å². The van der Waals surface area contributed by atoms with Gasteiger partial charge in [0.2, 0.25) is 0 Å². The van der Waals surface area contributed by atoms with E-state index in [1.165, 1.54) is 18.2 Å². The molecule has 0 atom stereocenters. The van der Waals surface area contributed by atoms with Gasteiger partial charge in [-0.1, -0.05) is 23.7 Å². The lowest BCUT2D eigenvalue weighted by Crippen LogP contribution is -2.44. The van der Waals surface area contributed by atoms with Crippen LogP contribution in [0.25, 0.3) is 0 Å². The lowest BCUT2D eigenvalue weighted by molar-refractivity contribution is 0.0963. The van der Waals surface area contributed by atoms with Crippen molar-refractivity contribution in [1.82, 2.24) is 10.2 Å². The number of piperazine rings is 1. The van der Waals surface area contributed by atoms with Crippen molar-refractivity contribution in [2.75, 3.05) is 43.4 Å². The molecule has 0 radical (unpaired) electrons. The fraction of sp³-hybridized carbons (Fsp3) is 0.263. The van der Waals surface area contributed by atoms with Gasteiger partial charge in [0, 0.05) is 31.9 Å². The monoisotopic (exact) mass is 390 g/mol. The quantitative estimate of drug-likeness (QED) is 0.844. The van der Waals surface area contributed by atoms with E-state index in [1.807, 2.05) is 6.07 Å². The normalized spacial score (nSPS) is 14.7. The van der Waals surface area contributed by atoms with Crippen LogP contribution in [-0.2, 0) is 0 Å². The zero-order chi connectivity index (χ0) is 19.4. The SMILES string of the molecule is CN1CCN(c2ccc(NC(=O)NC(=O)c3ccccc3F)cc2Cl)CC1. The summed E-state index contributed by atoms with van der Waals surface area (Å²) in [5.41, 5.74) is 1.14. The number of carbonyl (C=O) groups excluding carboxylic acids is 2. The smallest absolute Gasteiger partial charge is 0.326 e. The van der Waals surface area contributed by atoms with Gasteiger partial charge in [-0.3, -0.25) is 10.1 Å². The zero-order valence-electron chi connectivity index (χ0n) is 14.8. The van der Waals surface area contributed by atoms with Crippen molar-refractivity contribution in [3.63, 3.8) is 0 Å². The molecule has 1 aliphatic heterocycles. The van der Waals surface area contributed by atoms with Crippen LogP contribution in [0.1, 0.15) is 10.4 Å². The molecule has 0 aromatic heterocycles. The summed E-state index contributed by atoms with van der Waals surface area (Å²) in [5.74, 6) is -1.51. The lowest BCUT2D eigenvalue weighted by atomic mass is 10.2. The van der Waals surface area contributed by atoms with Crippen LogP contribution in [-0.4, -0.2) is 50.1 Å². The fourth-order valence-electron chi connectivity index (χ4n) is 2.87. The van der Waals surface area contributed by atoms with Gasteiger partial charge in [0.25, 0.3) is 5.91 Å². The number of urea groups is 1. The molecule has 3 rings (SSSR count). The summed E-state index contributed by atoms with van der Waals surface area (Å²) in [5, 5.41) is 5.15. The van der Waals surface area contributed by atoms with E-state index in [0.29, 0.717) is 10.7 Å².